The molecular formula is C19H17BFN5O2. The number of anilines is 1. The predicted octanol–water partition coefficient (Wildman–Crippen LogP) is 1.55. The molecule has 0 aliphatic rings. The van der Waals surface area contributed by atoms with Crippen LogP contribution in [0.2, 0.25) is 0 Å². The Morgan fingerprint density at radius 1 is 1.11 bits per heavy atom. The number of halogens is 1. The largest absolute Gasteiger partial charge is 0.489 e. The average molecular weight is 377 g/mol. The monoisotopic (exact) mass is 377 g/mol. The average Bonchev–Trinajstić information content (AvgIpc) is 3.02. The van der Waals surface area contributed by atoms with E-state index in [2.05, 4.69) is 20.3 Å². The first kappa shape index (κ1) is 18.1. The molecule has 7 nitrogen and oxygen atoms in total. The Kier molecular flexibility index (Phi) is 4.76. The molecular weight excluding hydrogens is 360 g/mol. The van der Waals surface area contributed by atoms with E-state index >= 15 is 0 Å². The first-order chi connectivity index (χ1) is 13.5. The number of hydrogen-bond acceptors (Lipinski definition) is 6. The SMILES string of the molecule is Cc1cc2c(B(O)O)cccc2n1-c1ncnc(NCc2cccc(F)c2)n1. The van der Waals surface area contributed by atoms with Crippen LogP contribution in [0.4, 0.5) is 10.3 Å². The lowest BCUT2D eigenvalue weighted by Crippen LogP contribution is -2.30. The topological polar surface area (TPSA) is 96.1 Å². The van der Waals surface area contributed by atoms with Crippen LogP contribution in [-0.4, -0.2) is 36.7 Å². The van der Waals surface area contributed by atoms with Crippen LogP contribution in [0.5, 0.6) is 0 Å². The number of fused-ring (bicyclic) bond motifs is 1. The predicted molar refractivity (Wildman–Crippen MR) is 105 cm³/mol. The highest BCUT2D eigenvalue weighted by Gasteiger charge is 2.19. The summed E-state index contributed by atoms with van der Waals surface area (Å²) in [6, 6.07) is 13.4. The molecule has 140 valence electrons. The summed E-state index contributed by atoms with van der Waals surface area (Å²) in [4.78, 5) is 12.8. The van der Waals surface area contributed by atoms with E-state index in [1.165, 1.54) is 18.5 Å². The zero-order chi connectivity index (χ0) is 19.7. The van der Waals surface area contributed by atoms with E-state index in [4.69, 9.17) is 0 Å². The summed E-state index contributed by atoms with van der Waals surface area (Å²) in [7, 11) is -1.57. The lowest BCUT2D eigenvalue weighted by Gasteiger charge is -2.09. The molecule has 4 aromatic rings. The number of nitrogens with one attached hydrogen (secondary N) is 1. The standard InChI is InChI=1S/C19H17BFN5O2/c1-12-8-15-16(20(27)28)6-3-7-17(15)26(12)19-24-11-23-18(25-19)22-10-13-4-2-5-14(21)9-13/h2-9,11,27-28H,10H2,1H3,(H,22,23,24,25). The summed E-state index contributed by atoms with van der Waals surface area (Å²) in [5.41, 5.74) is 2.78. The molecule has 0 spiro atoms. The fourth-order valence-corrected chi connectivity index (χ4v) is 3.19. The van der Waals surface area contributed by atoms with E-state index in [0.717, 1.165) is 16.8 Å². The van der Waals surface area contributed by atoms with Gasteiger partial charge in [-0.15, -0.1) is 0 Å². The summed E-state index contributed by atoms with van der Waals surface area (Å²) in [6.07, 6.45) is 1.40. The van der Waals surface area contributed by atoms with Gasteiger partial charge in [0.15, 0.2) is 0 Å². The normalized spacial score (nSPS) is 11.0. The van der Waals surface area contributed by atoms with Crippen LogP contribution in [0.3, 0.4) is 0 Å². The van der Waals surface area contributed by atoms with Crippen LogP contribution < -0.4 is 10.8 Å². The van der Waals surface area contributed by atoms with Gasteiger partial charge in [0.2, 0.25) is 11.9 Å². The highest BCUT2D eigenvalue weighted by molar-refractivity contribution is 6.61. The first-order valence-electron chi connectivity index (χ1n) is 8.68. The summed E-state index contributed by atoms with van der Waals surface area (Å²) in [6.45, 7) is 2.25. The second kappa shape index (κ2) is 7.38. The quantitative estimate of drug-likeness (QED) is 0.457. The zero-order valence-corrected chi connectivity index (χ0v) is 15.0. The van der Waals surface area contributed by atoms with E-state index in [1.807, 2.05) is 29.7 Å². The van der Waals surface area contributed by atoms with E-state index < -0.39 is 7.12 Å². The minimum Gasteiger partial charge on any atom is -0.423 e. The van der Waals surface area contributed by atoms with Crippen LogP contribution in [-0.2, 0) is 6.54 Å². The van der Waals surface area contributed by atoms with E-state index in [9.17, 15) is 14.4 Å². The maximum atomic E-state index is 13.3. The summed E-state index contributed by atoms with van der Waals surface area (Å²) in [5, 5.41) is 23.0. The molecule has 2 aromatic carbocycles. The lowest BCUT2D eigenvalue weighted by atomic mass is 9.78. The Morgan fingerprint density at radius 2 is 1.93 bits per heavy atom. The van der Waals surface area contributed by atoms with Gasteiger partial charge in [-0.1, -0.05) is 24.3 Å². The zero-order valence-electron chi connectivity index (χ0n) is 15.0. The van der Waals surface area contributed by atoms with Gasteiger partial charge in [0, 0.05) is 17.6 Å². The molecule has 0 bridgehead atoms. The third-order valence-electron chi connectivity index (χ3n) is 4.44. The molecule has 2 heterocycles. The minimum absolute atomic E-state index is 0.299. The molecule has 4 rings (SSSR count). The van der Waals surface area contributed by atoms with Crippen LogP contribution in [0.25, 0.3) is 16.9 Å². The van der Waals surface area contributed by atoms with Crippen molar-refractivity contribution in [3.63, 3.8) is 0 Å². The fraction of sp³-hybridized carbons (Fsp3) is 0.105. The third kappa shape index (κ3) is 3.45. The van der Waals surface area contributed by atoms with Gasteiger partial charge >= 0.3 is 7.12 Å². The second-order valence-electron chi connectivity index (χ2n) is 6.37. The number of aromatic nitrogens is 4. The van der Waals surface area contributed by atoms with Crippen molar-refractivity contribution in [2.24, 2.45) is 0 Å². The van der Waals surface area contributed by atoms with Crippen molar-refractivity contribution in [2.45, 2.75) is 13.5 Å². The summed E-state index contributed by atoms with van der Waals surface area (Å²) < 4.78 is 15.1. The molecule has 3 N–H and O–H groups in total. The van der Waals surface area contributed by atoms with Crippen molar-refractivity contribution in [1.29, 1.82) is 0 Å². The van der Waals surface area contributed by atoms with Crippen molar-refractivity contribution in [2.75, 3.05) is 5.32 Å². The van der Waals surface area contributed by atoms with Gasteiger partial charge in [0.05, 0.1) is 5.52 Å². The van der Waals surface area contributed by atoms with Crippen molar-refractivity contribution in [1.82, 2.24) is 19.5 Å². The number of aryl methyl sites for hydroxylation is 1. The van der Waals surface area contributed by atoms with Crippen LogP contribution in [0.1, 0.15) is 11.3 Å². The van der Waals surface area contributed by atoms with Crippen molar-refractivity contribution >= 4 is 29.4 Å². The lowest BCUT2D eigenvalue weighted by molar-refractivity contribution is 0.426. The molecule has 9 heteroatoms. The maximum absolute atomic E-state index is 13.3. The third-order valence-corrected chi connectivity index (χ3v) is 4.44. The number of nitrogens with zero attached hydrogens (tertiary/aromatic N) is 4. The number of benzene rings is 2. The van der Waals surface area contributed by atoms with Crippen LogP contribution in [0.15, 0.2) is 54.9 Å². The van der Waals surface area contributed by atoms with Gasteiger partial charge < -0.3 is 15.4 Å². The Morgan fingerprint density at radius 3 is 2.71 bits per heavy atom. The van der Waals surface area contributed by atoms with Crippen molar-refractivity contribution in [3.05, 3.63) is 71.9 Å². The molecule has 0 saturated carbocycles. The fourth-order valence-electron chi connectivity index (χ4n) is 3.19. The van der Waals surface area contributed by atoms with Gasteiger partial charge in [-0.25, -0.2) is 14.4 Å². The number of rotatable bonds is 5. The van der Waals surface area contributed by atoms with Crippen molar-refractivity contribution in [3.8, 4) is 5.95 Å². The highest BCUT2D eigenvalue weighted by Crippen LogP contribution is 2.21. The minimum atomic E-state index is -1.57. The van der Waals surface area contributed by atoms with E-state index in [1.54, 1.807) is 18.2 Å². The molecule has 0 aliphatic heterocycles. The number of hydrogen-bond donors (Lipinski definition) is 3. The van der Waals surface area contributed by atoms with E-state index in [-0.39, 0.29) is 5.82 Å². The Hall–Kier alpha value is -3.30. The first-order valence-corrected chi connectivity index (χ1v) is 8.68. The molecule has 0 fully saturated rings. The Bertz CT molecular complexity index is 1150. The highest BCUT2D eigenvalue weighted by atomic mass is 19.1. The van der Waals surface area contributed by atoms with Crippen LogP contribution in [0, 0.1) is 12.7 Å². The Balaban J connectivity index is 1.68. The molecule has 0 saturated heterocycles. The summed E-state index contributed by atoms with van der Waals surface area (Å²) in [5.74, 6) is 0.453. The van der Waals surface area contributed by atoms with Gasteiger partial charge in [-0.05, 0) is 42.2 Å². The Labute approximate surface area is 160 Å². The molecule has 0 radical (unpaired) electrons. The maximum Gasteiger partial charge on any atom is 0.489 e. The van der Waals surface area contributed by atoms with Gasteiger partial charge in [-0.2, -0.15) is 4.98 Å². The van der Waals surface area contributed by atoms with Gasteiger partial charge in [0.25, 0.3) is 0 Å². The molecule has 0 unspecified atom stereocenters. The molecule has 0 amide bonds. The van der Waals surface area contributed by atoms with Gasteiger partial charge in [0.1, 0.15) is 12.1 Å². The van der Waals surface area contributed by atoms with Crippen molar-refractivity contribution < 1.29 is 14.4 Å². The molecule has 2 aromatic heterocycles. The van der Waals surface area contributed by atoms with Crippen LogP contribution >= 0.6 is 0 Å². The van der Waals surface area contributed by atoms with Gasteiger partial charge in [-0.3, -0.25) is 4.57 Å². The summed E-state index contributed by atoms with van der Waals surface area (Å²) >= 11 is 0. The molecule has 0 atom stereocenters. The molecule has 28 heavy (non-hydrogen) atoms. The second-order valence-corrected chi connectivity index (χ2v) is 6.37. The molecule has 0 aliphatic carbocycles. The smallest absolute Gasteiger partial charge is 0.423 e. The van der Waals surface area contributed by atoms with E-state index in [0.29, 0.717) is 29.3 Å².